The van der Waals surface area contributed by atoms with Gasteiger partial charge in [0.25, 0.3) is 0 Å². The number of rotatable bonds is 3. The molecule has 88 valence electrons. The molecule has 3 nitrogen and oxygen atoms in total. The Labute approximate surface area is 93.4 Å². The molecule has 0 unspecified atom stereocenters. The van der Waals surface area contributed by atoms with Crippen LogP contribution in [0.5, 0.6) is 5.75 Å². The van der Waals surface area contributed by atoms with Crippen LogP contribution in [0.4, 0.5) is 13.2 Å². The van der Waals surface area contributed by atoms with Gasteiger partial charge in [0.1, 0.15) is 5.75 Å². The van der Waals surface area contributed by atoms with E-state index in [2.05, 4.69) is 4.74 Å². The lowest BCUT2D eigenvalue weighted by atomic mass is 10.2. The zero-order valence-corrected chi connectivity index (χ0v) is 8.47. The highest BCUT2D eigenvalue weighted by molar-refractivity contribution is 6.31. The minimum atomic E-state index is -4.60. The van der Waals surface area contributed by atoms with Crippen molar-refractivity contribution in [3.63, 3.8) is 0 Å². The molecule has 0 atom stereocenters. The number of halogens is 4. The van der Waals surface area contributed by atoms with E-state index >= 15 is 0 Å². The second-order valence-electron chi connectivity index (χ2n) is 2.82. The van der Waals surface area contributed by atoms with Crippen molar-refractivity contribution in [1.29, 1.82) is 0 Å². The van der Waals surface area contributed by atoms with E-state index < -0.39 is 29.3 Å². The van der Waals surface area contributed by atoms with Gasteiger partial charge in [-0.1, -0.05) is 11.6 Å². The van der Waals surface area contributed by atoms with Crippen molar-refractivity contribution in [2.45, 2.75) is 6.18 Å². The molecule has 0 aliphatic carbocycles. The van der Waals surface area contributed by atoms with E-state index in [9.17, 15) is 18.0 Å². The maximum Gasteiger partial charge on any atom is 0.417 e. The smallest absolute Gasteiger partial charge is 0.417 e. The average Bonchev–Trinajstić information content (AvgIpc) is 2.14. The van der Waals surface area contributed by atoms with Crippen molar-refractivity contribution < 1.29 is 27.8 Å². The first-order valence-electron chi connectivity index (χ1n) is 4.02. The summed E-state index contributed by atoms with van der Waals surface area (Å²) >= 11 is 5.35. The first kappa shape index (κ1) is 12.6. The summed E-state index contributed by atoms with van der Waals surface area (Å²) in [6, 6.07) is 2.83. The second-order valence-corrected chi connectivity index (χ2v) is 3.23. The number of hydrogen-bond donors (Lipinski definition) is 1. The molecule has 0 spiro atoms. The van der Waals surface area contributed by atoms with Gasteiger partial charge >= 0.3 is 12.1 Å². The maximum atomic E-state index is 12.4. The topological polar surface area (TPSA) is 46.5 Å². The molecule has 0 saturated heterocycles. The summed E-state index contributed by atoms with van der Waals surface area (Å²) in [7, 11) is 0. The summed E-state index contributed by atoms with van der Waals surface area (Å²) in [5.41, 5.74) is -1.06. The molecule has 0 aromatic heterocycles. The highest BCUT2D eigenvalue weighted by Crippen LogP contribution is 2.36. The molecule has 7 heteroatoms. The van der Waals surface area contributed by atoms with Crippen molar-refractivity contribution in [3.05, 3.63) is 28.8 Å². The predicted molar refractivity (Wildman–Crippen MR) is 49.6 cm³/mol. The maximum absolute atomic E-state index is 12.4. The van der Waals surface area contributed by atoms with Gasteiger partial charge in [0.2, 0.25) is 0 Å². The summed E-state index contributed by atoms with van der Waals surface area (Å²) in [5, 5.41) is 7.82. The van der Waals surface area contributed by atoms with E-state index in [1.807, 2.05) is 0 Å². The van der Waals surface area contributed by atoms with Gasteiger partial charge in [-0.15, -0.1) is 0 Å². The van der Waals surface area contributed by atoms with Crippen molar-refractivity contribution in [2.24, 2.45) is 0 Å². The lowest BCUT2D eigenvalue weighted by Gasteiger charge is -2.10. The Morgan fingerprint density at radius 3 is 2.56 bits per heavy atom. The Bertz CT molecular complexity index is 403. The van der Waals surface area contributed by atoms with Gasteiger partial charge in [-0.25, -0.2) is 4.79 Å². The van der Waals surface area contributed by atoms with Crippen LogP contribution in [0.2, 0.25) is 5.02 Å². The van der Waals surface area contributed by atoms with Gasteiger partial charge in [0, 0.05) is 0 Å². The highest BCUT2D eigenvalue weighted by atomic mass is 35.5. The van der Waals surface area contributed by atoms with Gasteiger partial charge < -0.3 is 9.84 Å². The fourth-order valence-electron chi connectivity index (χ4n) is 0.956. The van der Waals surface area contributed by atoms with Crippen molar-refractivity contribution in [3.8, 4) is 5.75 Å². The molecule has 0 radical (unpaired) electrons. The molecule has 1 rings (SSSR count). The fraction of sp³-hybridized carbons (Fsp3) is 0.222. The predicted octanol–water partition coefficient (Wildman–Crippen LogP) is 2.82. The van der Waals surface area contributed by atoms with E-state index in [1.54, 1.807) is 0 Å². The van der Waals surface area contributed by atoms with Crippen LogP contribution in [-0.4, -0.2) is 17.7 Å². The van der Waals surface area contributed by atoms with Gasteiger partial charge in [-0.2, -0.15) is 13.2 Å². The van der Waals surface area contributed by atoms with Crippen LogP contribution >= 0.6 is 11.6 Å². The van der Waals surface area contributed by atoms with Crippen LogP contribution in [0.3, 0.4) is 0 Å². The Balaban J connectivity index is 2.94. The lowest BCUT2D eigenvalue weighted by Crippen LogP contribution is -2.11. The highest BCUT2D eigenvalue weighted by Gasteiger charge is 2.33. The average molecular weight is 255 g/mol. The number of carboxylic acid groups (broad SMARTS) is 1. The molecule has 1 aromatic rings. The minimum Gasteiger partial charge on any atom is -0.482 e. The summed E-state index contributed by atoms with van der Waals surface area (Å²) < 4.78 is 41.7. The summed E-state index contributed by atoms with van der Waals surface area (Å²) in [6.45, 7) is -0.709. The van der Waals surface area contributed by atoms with Crippen LogP contribution in [0.1, 0.15) is 5.56 Å². The molecular formula is C9H6ClF3O3. The first-order valence-corrected chi connectivity index (χ1v) is 4.40. The standard InChI is InChI=1S/C9H6ClF3O3/c10-7-2-1-5(16-4-8(14)15)3-6(7)9(11,12)13/h1-3H,4H2,(H,14,15). The Kier molecular flexibility index (Phi) is 3.64. The molecule has 0 fully saturated rings. The number of carboxylic acids is 1. The number of aliphatic carboxylic acids is 1. The SMILES string of the molecule is O=C(O)COc1ccc(Cl)c(C(F)(F)F)c1. The van der Waals surface area contributed by atoms with Crippen LogP contribution in [0.25, 0.3) is 0 Å². The van der Waals surface area contributed by atoms with E-state index in [0.717, 1.165) is 6.07 Å². The largest absolute Gasteiger partial charge is 0.482 e. The van der Waals surface area contributed by atoms with Gasteiger partial charge in [-0.05, 0) is 18.2 Å². The molecule has 0 heterocycles. The third kappa shape index (κ3) is 3.30. The zero-order valence-electron chi connectivity index (χ0n) is 7.71. The van der Waals surface area contributed by atoms with E-state index in [1.165, 1.54) is 6.07 Å². The lowest BCUT2D eigenvalue weighted by molar-refractivity contribution is -0.139. The number of carbonyl (C=O) groups is 1. The van der Waals surface area contributed by atoms with Crippen LogP contribution in [0.15, 0.2) is 18.2 Å². The first-order chi connectivity index (χ1) is 7.30. The second kappa shape index (κ2) is 4.61. The van der Waals surface area contributed by atoms with Gasteiger partial charge in [0.15, 0.2) is 6.61 Å². The zero-order chi connectivity index (χ0) is 12.3. The normalized spacial score (nSPS) is 11.2. The number of ether oxygens (including phenoxy) is 1. The number of hydrogen-bond acceptors (Lipinski definition) is 2. The molecule has 0 bridgehead atoms. The summed E-state index contributed by atoms with van der Waals surface area (Å²) in [6.07, 6.45) is -4.60. The monoisotopic (exact) mass is 254 g/mol. The molecule has 0 saturated carbocycles. The molecule has 0 aliphatic heterocycles. The Morgan fingerprint density at radius 1 is 1.44 bits per heavy atom. The Hall–Kier alpha value is -1.43. The number of alkyl halides is 3. The minimum absolute atomic E-state index is 0.195. The van der Waals surface area contributed by atoms with Crippen molar-refractivity contribution in [2.75, 3.05) is 6.61 Å². The molecule has 1 N–H and O–H groups in total. The molecule has 0 amide bonds. The van der Waals surface area contributed by atoms with Crippen molar-refractivity contribution >= 4 is 17.6 Å². The molecule has 0 aliphatic rings. The molecule has 16 heavy (non-hydrogen) atoms. The fourth-order valence-corrected chi connectivity index (χ4v) is 1.18. The summed E-state index contributed by atoms with van der Waals surface area (Å²) in [4.78, 5) is 10.1. The van der Waals surface area contributed by atoms with Crippen LogP contribution in [-0.2, 0) is 11.0 Å². The third-order valence-corrected chi connectivity index (χ3v) is 1.94. The van der Waals surface area contributed by atoms with E-state index in [-0.39, 0.29) is 5.75 Å². The quantitative estimate of drug-likeness (QED) is 0.902. The molecular weight excluding hydrogens is 249 g/mol. The number of benzene rings is 1. The van der Waals surface area contributed by atoms with E-state index in [0.29, 0.717) is 6.07 Å². The van der Waals surface area contributed by atoms with Gasteiger partial charge in [-0.3, -0.25) is 0 Å². The third-order valence-electron chi connectivity index (χ3n) is 1.61. The van der Waals surface area contributed by atoms with Crippen molar-refractivity contribution in [1.82, 2.24) is 0 Å². The summed E-state index contributed by atoms with van der Waals surface area (Å²) in [5.74, 6) is -1.47. The van der Waals surface area contributed by atoms with Crippen LogP contribution in [0, 0.1) is 0 Å². The van der Waals surface area contributed by atoms with E-state index in [4.69, 9.17) is 16.7 Å². The molecule has 1 aromatic carbocycles. The van der Waals surface area contributed by atoms with Crippen LogP contribution < -0.4 is 4.74 Å². The van der Waals surface area contributed by atoms with Gasteiger partial charge in [0.05, 0.1) is 10.6 Å². The Morgan fingerprint density at radius 2 is 2.06 bits per heavy atom.